The van der Waals surface area contributed by atoms with E-state index in [1.54, 1.807) is 6.07 Å². The third kappa shape index (κ3) is 5.13. The van der Waals surface area contributed by atoms with E-state index in [2.05, 4.69) is 15.4 Å². The smallest absolute Gasteiger partial charge is 0.271 e. The molecule has 1 fully saturated rings. The number of benzene rings is 2. The number of halogens is 1. The van der Waals surface area contributed by atoms with Crippen molar-refractivity contribution in [1.82, 2.24) is 10.3 Å². The van der Waals surface area contributed by atoms with Crippen LogP contribution in [0.1, 0.15) is 21.5 Å². The number of carbonyl (C=O) groups is 1. The molecule has 3 rings (SSSR count). The predicted molar refractivity (Wildman–Crippen MR) is 99.1 cm³/mol. The average Bonchev–Trinajstić information content (AvgIpc) is 2.65. The zero-order valence-corrected chi connectivity index (χ0v) is 14.6. The van der Waals surface area contributed by atoms with Gasteiger partial charge in [0, 0.05) is 35.8 Å². The van der Waals surface area contributed by atoms with E-state index < -0.39 is 0 Å². The topological polar surface area (TPSA) is 53.9 Å². The summed E-state index contributed by atoms with van der Waals surface area (Å²) in [5.41, 5.74) is 5.03. The van der Waals surface area contributed by atoms with Crippen LogP contribution < -0.4 is 5.43 Å². The number of morpholine rings is 1. The second-order valence-corrected chi connectivity index (χ2v) is 6.21. The highest BCUT2D eigenvalue weighted by molar-refractivity contribution is 6.33. The normalized spacial score (nSPS) is 15.4. The number of amides is 1. The summed E-state index contributed by atoms with van der Waals surface area (Å²) in [5, 5.41) is 4.55. The lowest BCUT2D eigenvalue weighted by molar-refractivity contribution is 0.0342. The van der Waals surface area contributed by atoms with Crippen LogP contribution in [0.15, 0.2) is 53.6 Å². The van der Waals surface area contributed by atoms with Gasteiger partial charge >= 0.3 is 0 Å². The molecule has 1 amide bonds. The van der Waals surface area contributed by atoms with Crippen molar-refractivity contribution in [3.8, 4) is 0 Å². The van der Waals surface area contributed by atoms with Crippen LogP contribution in [0.3, 0.4) is 0 Å². The molecular formula is C19H20ClN3O2. The Morgan fingerprint density at radius 3 is 2.60 bits per heavy atom. The molecule has 0 radical (unpaired) electrons. The van der Waals surface area contributed by atoms with E-state index in [-0.39, 0.29) is 5.91 Å². The zero-order chi connectivity index (χ0) is 17.5. The summed E-state index contributed by atoms with van der Waals surface area (Å²) >= 11 is 6.04. The van der Waals surface area contributed by atoms with Crippen LogP contribution in [-0.4, -0.2) is 43.3 Å². The monoisotopic (exact) mass is 357 g/mol. The highest BCUT2D eigenvalue weighted by Gasteiger charge is 2.11. The SMILES string of the molecule is O=C(N/N=C\c1ccccc1Cl)c1ccc(CN2CCOCC2)cc1. The molecule has 25 heavy (non-hydrogen) atoms. The van der Waals surface area contributed by atoms with E-state index in [9.17, 15) is 4.79 Å². The molecular weight excluding hydrogens is 338 g/mol. The molecule has 1 saturated heterocycles. The predicted octanol–water partition coefficient (Wildman–Crippen LogP) is 2.94. The summed E-state index contributed by atoms with van der Waals surface area (Å²) in [4.78, 5) is 14.5. The number of nitrogens with zero attached hydrogens (tertiary/aromatic N) is 2. The summed E-state index contributed by atoms with van der Waals surface area (Å²) < 4.78 is 5.35. The summed E-state index contributed by atoms with van der Waals surface area (Å²) in [6.07, 6.45) is 1.53. The van der Waals surface area contributed by atoms with Crippen molar-refractivity contribution in [3.63, 3.8) is 0 Å². The van der Waals surface area contributed by atoms with E-state index in [4.69, 9.17) is 16.3 Å². The Hall–Kier alpha value is -2.21. The second-order valence-electron chi connectivity index (χ2n) is 5.81. The van der Waals surface area contributed by atoms with Crippen molar-refractivity contribution in [2.24, 2.45) is 5.10 Å². The number of carbonyl (C=O) groups excluding carboxylic acids is 1. The molecule has 0 atom stereocenters. The van der Waals surface area contributed by atoms with Crippen LogP contribution in [-0.2, 0) is 11.3 Å². The Bertz CT molecular complexity index is 741. The minimum Gasteiger partial charge on any atom is -0.379 e. The number of nitrogens with one attached hydrogen (secondary N) is 1. The molecule has 0 bridgehead atoms. The lowest BCUT2D eigenvalue weighted by Gasteiger charge is -2.26. The fourth-order valence-corrected chi connectivity index (χ4v) is 2.77. The summed E-state index contributed by atoms with van der Waals surface area (Å²) in [7, 11) is 0. The number of hydrazone groups is 1. The first-order valence-electron chi connectivity index (χ1n) is 8.19. The quantitative estimate of drug-likeness (QED) is 0.661. The summed E-state index contributed by atoms with van der Waals surface area (Å²) in [5.74, 6) is -0.249. The van der Waals surface area contributed by atoms with Crippen molar-refractivity contribution >= 4 is 23.7 Å². The van der Waals surface area contributed by atoms with Gasteiger partial charge in [0.05, 0.1) is 19.4 Å². The van der Waals surface area contributed by atoms with Crippen LogP contribution >= 0.6 is 11.6 Å². The maximum Gasteiger partial charge on any atom is 0.271 e. The van der Waals surface area contributed by atoms with Gasteiger partial charge < -0.3 is 4.74 Å². The second kappa shape index (κ2) is 8.76. The number of ether oxygens (including phenoxy) is 1. The van der Waals surface area contributed by atoms with Gasteiger partial charge in [-0.05, 0) is 23.8 Å². The van der Waals surface area contributed by atoms with Gasteiger partial charge in [-0.15, -0.1) is 0 Å². The summed E-state index contributed by atoms with van der Waals surface area (Å²) in [6, 6.07) is 14.9. The maximum absolute atomic E-state index is 12.1. The van der Waals surface area contributed by atoms with Crippen molar-refractivity contribution in [2.75, 3.05) is 26.3 Å². The van der Waals surface area contributed by atoms with Gasteiger partial charge in [0.25, 0.3) is 5.91 Å². The van der Waals surface area contributed by atoms with Crippen LogP contribution in [0.2, 0.25) is 5.02 Å². The van der Waals surface area contributed by atoms with Crippen LogP contribution in [0.5, 0.6) is 0 Å². The van der Waals surface area contributed by atoms with Crippen LogP contribution in [0.4, 0.5) is 0 Å². The Labute approximate surface area is 152 Å². The van der Waals surface area contributed by atoms with Crippen molar-refractivity contribution in [2.45, 2.75) is 6.54 Å². The Morgan fingerprint density at radius 2 is 1.88 bits per heavy atom. The van der Waals surface area contributed by atoms with Gasteiger partial charge in [-0.2, -0.15) is 5.10 Å². The lowest BCUT2D eigenvalue weighted by Crippen LogP contribution is -2.35. The van der Waals surface area contributed by atoms with Crippen molar-refractivity contribution < 1.29 is 9.53 Å². The van der Waals surface area contributed by atoms with Gasteiger partial charge in [-0.3, -0.25) is 9.69 Å². The Balaban J connectivity index is 1.54. The molecule has 2 aromatic carbocycles. The van der Waals surface area contributed by atoms with E-state index in [0.29, 0.717) is 10.6 Å². The van der Waals surface area contributed by atoms with Gasteiger partial charge in [0.1, 0.15) is 0 Å². The average molecular weight is 358 g/mol. The Morgan fingerprint density at radius 1 is 1.16 bits per heavy atom. The lowest BCUT2D eigenvalue weighted by atomic mass is 10.1. The fraction of sp³-hybridized carbons (Fsp3) is 0.263. The van der Waals surface area contributed by atoms with Crippen molar-refractivity contribution in [1.29, 1.82) is 0 Å². The molecule has 1 aliphatic heterocycles. The first-order chi connectivity index (χ1) is 12.2. The van der Waals surface area contributed by atoms with Gasteiger partial charge in [-0.25, -0.2) is 5.43 Å². The van der Waals surface area contributed by atoms with Crippen LogP contribution in [0.25, 0.3) is 0 Å². The van der Waals surface area contributed by atoms with E-state index in [0.717, 1.165) is 38.4 Å². The minimum atomic E-state index is -0.249. The molecule has 0 aromatic heterocycles. The first kappa shape index (κ1) is 17.6. The van der Waals surface area contributed by atoms with Gasteiger partial charge in [0.2, 0.25) is 0 Å². The molecule has 1 N–H and O–H groups in total. The molecule has 2 aromatic rings. The third-order valence-corrected chi connectivity index (χ3v) is 4.35. The number of hydrogen-bond acceptors (Lipinski definition) is 4. The third-order valence-electron chi connectivity index (χ3n) is 4.00. The standard InChI is InChI=1S/C19H20ClN3O2/c20-18-4-2-1-3-17(18)13-21-22-19(24)16-7-5-15(6-8-16)14-23-9-11-25-12-10-23/h1-8,13H,9-12,14H2,(H,22,24)/b21-13-. The van der Waals surface area contributed by atoms with Crippen molar-refractivity contribution in [3.05, 3.63) is 70.2 Å². The molecule has 6 heteroatoms. The van der Waals surface area contributed by atoms with E-state index in [1.807, 2.05) is 42.5 Å². The molecule has 0 spiro atoms. The number of rotatable bonds is 5. The minimum absolute atomic E-state index is 0.249. The molecule has 0 aliphatic carbocycles. The maximum atomic E-state index is 12.1. The molecule has 0 saturated carbocycles. The first-order valence-corrected chi connectivity index (χ1v) is 8.57. The zero-order valence-electron chi connectivity index (χ0n) is 13.8. The molecule has 5 nitrogen and oxygen atoms in total. The molecule has 0 unspecified atom stereocenters. The van der Waals surface area contributed by atoms with E-state index >= 15 is 0 Å². The number of hydrogen-bond donors (Lipinski definition) is 1. The van der Waals surface area contributed by atoms with E-state index in [1.165, 1.54) is 11.8 Å². The highest BCUT2D eigenvalue weighted by atomic mass is 35.5. The molecule has 1 heterocycles. The van der Waals surface area contributed by atoms with Crippen LogP contribution in [0, 0.1) is 0 Å². The Kier molecular flexibility index (Phi) is 6.17. The van der Waals surface area contributed by atoms with Gasteiger partial charge in [0.15, 0.2) is 0 Å². The highest BCUT2D eigenvalue weighted by Crippen LogP contribution is 2.12. The summed E-state index contributed by atoms with van der Waals surface area (Å²) in [6.45, 7) is 4.32. The fourth-order valence-electron chi connectivity index (χ4n) is 2.58. The molecule has 130 valence electrons. The largest absolute Gasteiger partial charge is 0.379 e. The van der Waals surface area contributed by atoms with Gasteiger partial charge in [-0.1, -0.05) is 41.9 Å². The molecule has 1 aliphatic rings.